The van der Waals surface area contributed by atoms with Crippen LogP contribution in [0.2, 0.25) is 0 Å². The van der Waals surface area contributed by atoms with Gasteiger partial charge >= 0.3 is 0 Å². The summed E-state index contributed by atoms with van der Waals surface area (Å²) in [6, 6.07) is 11.8. The van der Waals surface area contributed by atoms with Gasteiger partial charge in [-0.3, -0.25) is 4.79 Å². The molecule has 18 heavy (non-hydrogen) atoms. The number of rotatable bonds is 3. The third kappa shape index (κ3) is 2.67. The van der Waals surface area contributed by atoms with Crippen molar-refractivity contribution in [3.8, 4) is 0 Å². The Kier molecular flexibility index (Phi) is 3.92. The van der Waals surface area contributed by atoms with Crippen molar-refractivity contribution in [1.29, 1.82) is 0 Å². The molecule has 0 saturated heterocycles. The number of halogens is 2. The highest BCUT2D eigenvalue weighted by atomic mass is 79.9. The molecule has 0 bridgehead atoms. The second kappa shape index (κ2) is 5.44. The first-order valence-corrected chi connectivity index (χ1v) is 6.50. The van der Waals surface area contributed by atoms with Crippen LogP contribution in [0.25, 0.3) is 0 Å². The van der Waals surface area contributed by atoms with Crippen molar-refractivity contribution < 1.29 is 9.18 Å². The largest absolute Gasteiger partial charge is 0.289 e. The summed E-state index contributed by atoms with van der Waals surface area (Å²) in [5.74, 6) is -0.588. The number of aryl methyl sites for hydroxylation is 1. The van der Waals surface area contributed by atoms with Gasteiger partial charge in [-0.05, 0) is 46.1 Å². The lowest BCUT2D eigenvalue weighted by Gasteiger charge is -2.03. The fourth-order valence-electron chi connectivity index (χ4n) is 1.70. The first-order chi connectivity index (χ1) is 8.61. The highest BCUT2D eigenvalue weighted by molar-refractivity contribution is 9.10. The molecule has 0 aromatic heterocycles. The summed E-state index contributed by atoms with van der Waals surface area (Å²) in [5.41, 5.74) is 2.11. The molecular formula is C15H12BrFO. The predicted molar refractivity (Wildman–Crippen MR) is 73.4 cm³/mol. The second-order valence-corrected chi connectivity index (χ2v) is 4.86. The van der Waals surface area contributed by atoms with Crippen LogP contribution in [0.15, 0.2) is 46.9 Å². The normalized spacial score (nSPS) is 10.4. The summed E-state index contributed by atoms with van der Waals surface area (Å²) in [5, 5.41) is 0. The van der Waals surface area contributed by atoms with Crippen LogP contribution in [0.3, 0.4) is 0 Å². The number of ketones is 1. The Morgan fingerprint density at radius 1 is 1.11 bits per heavy atom. The molecule has 0 unspecified atom stereocenters. The first-order valence-electron chi connectivity index (χ1n) is 5.70. The summed E-state index contributed by atoms with van der Waals surface area (Å²) in [7, 11) is 0. The average molecular weight is 307 g/mol. The lowest BCUT2D eigenvalue weighted by atomic mass is 10.0. The topological polar surface area (TPSA) is 17.1 Å². The smallest absolute Gasteiger partial charge is 0.193 e. The molecule has 2 aromatic rings. The second-order valence-electron chi connectivity index (χ2n) is 4.01. The van der Waals surface area contributed by atoms with E-state index in [0.717, 1.165) is 6.42 Å². The van der Waals surface area contributed by atoms with E-state index in [2.05, 4.69) is 22.9 Å². The van der Waals surface area contributed by atoms with Crippen molar-refractivity contribution in [3.05, 3.63) is 69.4 Å². The molecule has 0 aliphatic carbocycles. The van der Waals surface area contributed by atoms with Crippen molar-refractivity contribution in [2.45, 2.75) is 13.3 Å². The average Bonchev–Trinajstić information content (AvgIpc) is 2.41. The van der Waals surface area contributed by atoms with E-state index in [-0.39, 0.29) is 5.78 Å². The summed E-state index contributed by atoms with van der Waals surface area (Å²) in [4.78, 5) is 12.1. The molecule has 0 atom stereocenters. The third-order valence-electron chi connectivity index (χ3n) is 2.81. The Hall–Kier alpha value is -1.48. The molecule has 0 radical (unpaired) electrons. The van der Waals surface area contributed by atoms with Crippen molar-refractivity contribution in [1.82, 2.24) is 0 Å². The maximum Gasteiger partial charge on any atom is 0.193 e. The molecule has 0 aliphatic rings. The zero-order valence-electron chi connectivity index (χ0n) is 9.91. The standard InChI is InChI=1S/C15H12BrFO/c1-2-10-3-5-11(6-4-10)15(18)12-7-8-13(16)14(17)9-12/h3-9H,2H2,1H3. The maximum absolute atomic E-state index is 13.4. The molecule has 2 rings (SSSR count). The van der Waals surface area contributed by atoms with E-state index in [4.69, 9.17) is 0 Å². The molecule has 0 amide bonds. The minimum absolute atomic E-state index is 0.163. The van der Waals surface area contributed by atoms with Gasteiger partial charge in [-0.15, -0.1) is 0 Å². The Morgan fingerprint density at radius 2 is 1.72 bits per heavy atom. The molecule has 0 saturated carbocycles. The number of benzene rings is 2. The van der Waals surface area contributed by atoms with Crippen LogP contribution in [-0.4, -0.2) is 5.78 Å². The Balaban J connectivity index is 2.32. The number of carbonyl (C=O) groups excluding carboxylic acids is 1. The van der Waals surface area contributed by atoms with E-state index in [1.54, 1.807) is 24.3 Å². The summed E-state index contributed by atoms with van der Waals surface area (Å²) in [6.07, 6.45) is 0.932. The van der Waals surface area contributed by atoms with Crippen LogP contribution in [0.5, 0.6) is 0 Å². The lowest BCUT2D eigenvalue weighted by molar-refractivity contribution is 0.103. The van der Waals surface area contributed by atoms with Gasteiger partial charge in [0, 0.05) is 11.1 Å². The molecule has 0 N–H and O–H groups in total. The van der Waals surface area contributed by atoms with Crippen LogP contribution in [-0.2, 0) is 6.42 Å². The molecule has 0 heterocycles. The van der Waals surface area contributed by atoms with E-state index < -0.39 is 5.82 Å². The van der Waals surface area contributed by atoms with Crippen molar-refractivity contribution in [2.75, 3.05) is 0 Å². The first kappa shape index (κ1) is 13.0. The predicted octanol–water partition coefficient (Wildman–Crippen LogP) is 4.38. The quantitative estimate of drug-likeness (QED) is 0.769. The SMILES string of the molecule is CCc1ccc(C(=O)c2ccc(Br)c(F)c2)cc1. The number of hydrogen-bond acceptors (Lipinski definition) is 1. The number of hydrogen-bond donors (Lipinski definition) is 0. The van der Waals surface area contributed by atoms with Crippen molar-refractivity contribution in [2.24, 2.45) is 0 Å². The van der Waals surface area contributed by atoms with Gasteiger partial charge < -0.3 is 0 Å². The maximum atomic E-state index is 13.4. The number of carbonyl (C=O) groups is 1. The van der Waals surface area contributed by atoms with E-state index in [1.165, 1.54) is 11.6 Å². The summed E-state index contributed by atoms with van der Waals surface area (Å²) in [6.45, 7) is 2.06. The molecule has 2 aromatic carbocycles. The highest BCUT2D eigenvalue weighted by Crippen LogP contribution is 2.19. The van der Waals surface area contributed by atoms with Crippen LogP contribution in [0.4, 0.5) is 4.39 Å². The van der Waals surface area contributed by atoms with Crippen LogP contribution < -0.4 is 0 Å². The van der Waals surface area contributed by atoms with Gasteiger partial charge in [-0.1, -0.05) is 31.2 Å². The van der Waals surface area contributed by atoms with E-state index in [9.17, 15) is 9.18 Å². The molecule has 3 heteroatoms. The molecular weight excluding hydrogens is 295 g/mol. The van der Waals surface area contributed by atoms with Gasteiger partial charge in [0.25, 0.3) is 0 Å². The zero-order valence-corrected chi connectivity index (χ0v) is 11.5. The Morgan fingerprint density at radius 3 is 2.28 bits per heavy atom. The van der Waals surface area contributed by atoms with Crippen molar-refractivity contribution in [3.63, 3.8) is 0 Å². The van der Waals surface area contributed by atoms with Crippen LogP contribution in [0, 0.1) is 5.82 Å². The van der Waals surface area contributed by atoms with Gasteiger partial charge in [-0.2, -0.15) is 0 Å². The molecule has 0 aliphatic heterocycles. The Labute approximate surface area is 114 Å². The molecule has 92 valence electrons. The monoisotopic (exact) mass is 306 g/mol. The van der Waals surface area contributed by atoms with Crippen LogP contribution >= 0.6 is 15.9 Å². The van der Waals surface area contributed by atoms with E-state index in [1.807, 2.05) is 12.1 Å². The molecule has 0 fully saturated rings. The van der Waals surface area contributed by atoms with E-state index >= 15 is 0 Å². The van der Waals surface area contributed by atoms with Gasteiger partial charge in [0.15, 0.2) is 5.78 Å². The fraction of sp³-hybridized carbons (Fsp3) is 0.133. The van der Waals surface area contributed by atoms with Gasteiger partial charge in [-0.25, -0.2) is 4.39 Å². The van der Waals surface area contributed by atoms with Crippen molar-refractivity contribution >= 4 is 21.7 Å². The fourth-order valence-corrected chi connectivity index (χ4v) is 1.94. The summed E-state index contributed by atoms with van der Waals surface area (Å²) < 4.78 is 13.7. The summed E-state index contributed by atoms with van der Waals surface area (Å²) >= 11 is 3.07. The third-order valence-corrected chi connectivity index (χ3v) is 3.45. The van der Waals surface area contributed by atoms with Crippen LogP contribution in [0.1, 0.15) is 28.4 Å². The minimum Gasteiger partial charge on any atom is -0.289 e. The molecule has 0 spiro atoms. The van der Waals surface area contributed by atoms with Gasteiger partial charge in [0.05, 0.1) is 4.47 Å². The molecule has 1 nitrogen and oxygen atoms in total. The Bertz CT molecular complexity index is 576. The lowest BCUT2D eigenvalue weighted by Crippen LogP contribution is -2.02. The van der Waals surface area contributed by atoms with Gasteiger partial charge in [0.2, 0.25) is 0 Å². The van der Waals surface area contributed by atoms with Gasteiger partial charge in [0.1, 0.15) is 5.82 Å². The highest BCUT2D eigenvalue weighted by Gasteiger charge is 2.11. The minimum atomic E-state index is -0.425. The van der Waals surface area contributed by atoms with E-state index in [0.29, 0.717) is 15.6 Å². The zero-order chi connectivity index (χ0) is 13.1.